The van der Waals surface area contributed by atoms with Crippen LogP contribution in [0.4, 0.5) is 0 Å². The zero-order chi connectivity index (χ0) is 27.1. The van der Waals surface area contributed by atoms with Crippen LogP contribution in [0.5, 0.6) is 0 Å². The normalized spacial score (nSPS) is 15.9. The summed E-state index contributed by atoms with van der Waals surface area (Å²) in [6.07, 6.45) is 1.80. The zero-order valence-electron chi connectivity index (χ0n) is 23.0. The summed E-state index contributed by atoms with van der Waals surface area (Å²) >= 11 is 0. The van der Waals surface area contributed by atoms with Gasteiger partial charge in [-0.25, -0.2) is 0 Å². The number of benzene rings is 3. The number of rotatable bonds is 3. The number of carbonyl (C=O) groups excluding carboxylic acids is 1. The van der Waals surface area contributed by atoms with Crippen LogP contribution >= 0.6 is 0 Å². The number of ketones is 1. The second-order valence-corrected chi connectivity index (χ2v) is 8.99. The van der Waals surface area contributed by atoms with Gasteiger partial charge in [-0.2, -0.15) is 5.26 Å². The van der Waals surface area contributed by atoms with Gasteiger partial charge in [0.15, 0.2) is 5.78 Å². The Kier molecular flexibility index (Phi) is 9.25. The molecule has 3 heteroatoms. The van der Waals surface area contributed by atoms with Crippen molar-refractivity contribution in [3.8, 4) is 17.2 Å². The lowest BCUT2D eigenvalue weighted by Crippen LogP contribution is -2.27. The van der Waals surface area contributed by atoms with Crippen molar-refractivity contribution in [2.75, 3.05) is 0 Å². The van der Waals surface area contributed by atoms with Gasteiger partial charge in [-0.1, -0.05) is 107 Å². The summed E-state index contributed by atoms with van der Waals surface area (Å²) in [6, 6.07) is 25.3. The van der Waals surface area contributed by atoms with Gasteiger partial charge in [0.05, 0.1) is 11.6 Å². The predicted octanol–water partition coefficient (Wildman–Crippen LogP) is 8.08. The van der Waals surface area contributed by atoms with E-state index in [2.05, 4.69) is 62.4 Å². The number of nitrogens with zero attached hydrogens (tertiary/aromatic N) is 1. The predicted molar refractivity (Wildman–Crippen MR) is 155 cm³/mol. The van der Waals surface area contributed by atoms with Crippen LogP contribution in [0.1, 0.15) is 74.8 Å². The second kappa shape index (κ2) is 12.4. The summed E-state index contributed by atoms with van der Waals surface area (Å²) in [4.78, 5) is 13.4. The summed E-state index contributed by atoms with van der Waals surface area (Å²) in [6.45, 7) is 12.2. The molecule has 190 valence electrons. The van der Waals surface area contributed by atoms with Crippen LogP contribution in [0, 0.1) is 18.3 Å². The minimum atomic E-state index is -0.420. The Morgan fingerprint density at radius 3 is 2.27 bits per heavy atom. The number of aryl methyl sites for hydroxylation is 2. The Labute approximate surface area is 222 Å². The molecule has 3 nitrogen and oxygen atoms in total. The molecule has 3 aromatic carbocycles. The fourth-order valence-corrected chi connectivity index (χ4v) is 5.16. The summed E-state index contributed by atoms with van der Waals surface area (Å²) in [5, 5.41) is 9.98. The molecule has 0 spiro atoms. The molecule has 1 unspecified atom stereocenters. The topological polar surface area (TPSA) is 66.9 Å². The Bertz CT molecular complexity index is 1380. The minimum Gasteiger partial charge on any atom is -0.401 e. The second-order valence-electron chi connectivity index (χ2n) is 8.99. The van der Waals surface area contributed by atoms with E-state index in [-0.39, 0.29) is 5.78 Å². The van der Waals surface area contributed by atoms with Crippen molar-refractivity contribution in [3.05, 3.63) is 111 Å². The number of nitrogens with two attached hydrogens (primary N) is 1. The average Bonchev–Trinajstić information content (AvgIpc) is 2.95. The fourth-order valence-electron chi connectivity index (χ4n) is 5.16. The first kappa shape index (κ1) is 27.7. The molecule has 0 fully saturated rings. The number of carbonyl (C=O) groups is 1. The molecule has 0 saturated heterocycles. The highest BCUT2D eigenvalue weighted by Crippen LogP contribution is 2.47. The number of fused-ring (bicyclic) bond motifs is 2. The zero-order valence-corrected chi connectivity index (χ0v) is 23.0. The number of allylic oxidation sites excluding steroid dienone is 3. The fraction of sp³-hybridized carbons (Fsp3) is 0.294. The van der Waals surface area contributed by atoms with Crippen molar-refractivity contribution in [1.29, 1.82) is 5.26 Å². The monoisotopic (exact) mass is 490 g/mol. The van der Waals surface area contributed by atoms with Gasteiger partial charge in [0.1, 0.15) is 0 Å². The molecular weight excluding hydrogens is 452 g/mol. The number of hydrogen-bond acceptors (Lipinski definition) is 3. The Morgan fingerprint density at radius 2 is 1.62 bits per heavy atom. The highest BCUT2D eigenvalue weighted by Gasteiger charge is 2.38. The Hall–Kier alpha value is -3.90. The van der Waals surface area contributed by atoms with Crippen molar-refractivity contribution in [1.82, 2.24) is 0 Å². The third-order valence-corrected chi connectivity index (χ3v) is 6.89. The van der Waals surface area contributed by atoms with Gasteiger partial charge in [-0.05, 0) is 52.3 Å². The molecule has 5 rings (SSSR count). The maximum atomic E-state index is 13.4. The van der Waals surface area contributed by atoms with Gasteiger partial charge in [0.2, 0.25) is 0 Å². The number of hydrogen-bond donors (Lipinski definition) is 1. The molecule has 0 heterocycles. The van der Waals surface area contributed by atoms with Crippen molar-refractivity contribution >= 4 is 11.4 Å². The minimum absolute atomic E-state index is 0.0892. The first-order valence-corrected chi connectivity index (χ1v) is 13.4. The van der Waals surface area contributed by atoms with Crippen LogP contribution in [0.25, 0.3) is 16.7 Å². The highest BCUT2D eigenvalue weighted by atomic mass is 16.1. The molecule has 3 aromatic rings. The molecular formula is C34H38N2O. The SMILES string of the molecule is CC.CC.CCc1cccc(-c2ccc(C3C(C#N)=C(N)CC4=C3C(=O)Cc3ccc(C)cc34)cc2)c1. The molecule has 0 radical (unpaired) electrons. The van der Waals surface area contributed by atoms with E-state index in [0.29, 0.717) is 24.1 Å². The van der Waals surface area contributed by atoms with Crippen LogP contribution in [-0.4, -0.2) is 5.78 Å². The first-order valence-electron chi connectivity index (χ1n) is 13.4. The van der Waals surface area contributed by atoms with Crippen LogP contribution in [0.3, 0.4) is 0 Å². The third kappa shape index (κ3) is 5.44. The highest BCUT2D eigenvalue weighted by molar-refractivity contribution is 6.10. The summed E-state index contributed by atoms with van der Waals surface area (Å²) in [5.74, 6) is -0.331. The molecule has 1 atom stereocenters. The Morgan fingerprint density at radius 1 is 0.919 bits per heavy atom. The number of Topliss-reactive ketones (excluding diaryl/α,β-unsaturated/α-hetero) is 1. The summed E-state index contributed by atoms with van der Waals surface area (Å²) in [7, 11) is 0. The van der Waals surface area contributed by atoms with Crippen LogP contribution in [-0.2, 0) is 17.6 Å². The standard InChI is InChI=1S/C30H26N2O.2C2H6/c1-3-19-5-4-6-22(14-19)20-9-11-21(12-10-20)29-26(17-31)27(32)16-25-24-13-18(2)7-8-23(24)15-28(33)30(25)29;2*1-2/h4-14,29H,3,15-16,32H2,1-2H3;2*1-2H3. The van der Waals surface area contributed by atoms with Gasteiger partial charge >= 0.3 is 0 Å². The molecule has 0 aromatic heterocycles. The van der Waals surface area contributed by atoms with E-state index in [1.54, 1.807) is 0 Å². The number of nitriles is 1. The van der Waals surface area contributed by atoms with Crippen molar-refractivity contribution in [2.45, 2.75) is 66.7 Å². The summed E-state index contributed by atoms with van der Waals surface area (Å²) < 4.78 is 0. The van der Waals surface area contributed by atoms with E-state index in [1.165, 1.54) is 5.56 Å². The molecule has 0 aliphatic heterocycles. The molecule has 0 saturated carbocycles. The van der Waals surface area contributed by atoms with Gasteiger partial charge in [0, 0.05) is 30.0 Å². The molecule has 2 N–H and O–H groups in total. The molecule has 0 bridgehead atoms. The van der Waals surface area contributed by atoms with Crippen molar-refractivity contribution in [2.24, 2.45) is 5.73 Å². The van der Waals surface area contributed by atoms with Gasteiger partial charge < -0.3 is 5.73 Å². The lowest BCUT2D eigenvalue weighted by molar-refractivity contribution is -0.115. The summed E-state index contributed by atoms with van der Waals surface area (Å²) in [5.41, 5.74) is 17.0. The van der Waals surface area contributed by atoms with E-state index in [4.69, 9.17) is 5.73 Å². The van der Waals surface area contributed by atoms with E-state index >= 15 is 0 Å². The molecule has 37 heavy (non-hydrogen) atoms. The lowest BCUT2D eigenvalue weighted by Gasteiger charge is -2.33. The van der Waals surface area contributed by atoms with E-state index in [9.17, 15) is 10.1 Å². The van der Waals surface area contributed by atoms with Crippen LogP contribution < -0.4 is 5.73 Å². The van der Waals surface area contributed by atoms with Gasteiger partial charge in [-0.3, -0.25) is 4.79 Å². The smallest absolute Gasteiger partial charge is 0.164 e. The van der Waals surface area contributed by atoms with Crippen LogP contribution in [0.15, 0.2) is 83.6 Å². The Balaban J connectivity index is 0.000000907. The van der Waals surface area contributed by atoms with Crippen LogP contribution in [0.2, 0.25) is 0 Å². The third-order valence-electron chi connectivity index (χ3n) is 6.89. The molecule has 2 aliphatic rings. The maximum Gasteiger partial charge on any atom is 0.164 e. The quantitative estimate of drug-likeness (QED) is 0.403. The molecule has 0 amide bonds. The first-order chi connectivity index (χ1) is 18.0. The van der Waals surface area contributed by atoms with E-state index in [0.717, 1.165) is 50.9 Å². The van der Waals surface area contributed by atoms with E-state index < -0.39 is 5.92 Å². The van der Waals surface area contributed by atoms with Gasteiger partial charge in [-0.15, -0.1) is 0 Å². The lowest BCUT2D eigenvalue weighted by atomic mass is 9.69. The molecule has 2 aliphatic carbocycles. The average molecular weight is 491 g/mol. The van der Waals surface area contributed by atoms with E-state index in [1.807, 2.05) is 52.0 Å². The van der Waals surface area contributed by atoms with Crippen molar-refractivity contribution < 1.29 is 4.79 Å². The van der Waals surface area contributed by atoms with Gasteiger partial charge in [0.25, 0.3) is 0 Å². The van der Waals surface area contributed by atoms with Crippen molar-refractivity contribution in [3.63, 3.8) is 0 Å². The largest absolute Gasteiger partial charge is 0.401 e. The maximum absolute atomic E-state index is 13.4.